The fourth-order valence-corrected chi connectivity index (χ4v) is 8.60. The van der Waals surface area contributed by atoms with Gasteiger partial charge in [0.1, 0.15) is 11.7 Å². The summed E-state index contributed by atoms with van der Waals surface area (Å²) in [5.74, 6) is 0.729. The second kappa shape index (κ2) is 12.7. The molecule has 2 aromatic carbocycles. The highest BCUT2D eigenvalue weighted by Gasteiger charge is 2.39. The highest BCUT2D eigenvalue weighted by Crippen LogP contribution is 2.45. The van der Waals surface area contributed by atoms with Crippen molar-refractivity contribution in [1.82, 2.24) is 24.3 Å². The summed E-state index contributed by atoms with van der Waals surface area (Å²) in [6.07, 6.45) is 6.29. The number of alkyl halides is 1. The number of fused-ring (bicyclic) bond motifs is 2. The van der Waals surface area contributed by atoms with Crippen molar-refractivity contribution in [2.75, 3.05) is 11.9 Å². The molecule has 2 aliphatic rings. The predicted octanol–water partition coefficient (Wildman–Crippen LogP) is 9.30. The molecule has 1 unspecified atom stereocenters. The number of carbonyl (C=O) groups excluding carboxylic acids is 1. The summed E-state index contributed by atoms with van der Waals surface area (Å²) in [7, 11) is -1.74. The quantitative estimate of drug-likeness (QED) is 0.153. The highest BCUT2D eigenvalue weighted by atomic mass is 35.5. The summed E-state index contributed by atoms with van der Waals surface area (Å²) < 4.78 is 24.1. The van der Waals surface area contributed by atoms with Crippen LogP contribution in [0.15, 0.2) is 54.4 Å². The van der Waals surface area contributed by atoms with Gasteiger partial charge in [-0.1, -0.05) is 68.2 Å². The molecule has 1 amide bonds. The van der Waals surface area contributed by atoms with E-state index in [4.69, 9.17) is 32.7 Å². The number of rotatable bonds is 9. The Morgan fingerprint density at radius 2 is 1.94 bits per heavy atom. The van der Waals surface area contributed by atoms with E-state index >= 15 is 0 Å². The number of benzene rings is 2. The topological polar surface area (TPSA) is 86.9 Å². The van der Waals surface area contributed by atoms with Crippen LogP contribution in [0, 0.1) is 5.92 Å². The van der Waals surface area contributed by atoms with Gasteiger partial charge in [0.15, 0.2) is 19.5 Å². The smallest absolute Gasteiger partial charge is 0.257 e. The molecule has 4 heterocycles. The van der Waals surface area contributed by atoms with Crippen molar-refractivity contribution in [2.45, 2.75) is 82.8 Å². The zero-order valence-electron chi connectivity index (χ0n) is 27.6. The Morgan fingerprint density at radius 3 is 2.62 bits per heavy atom. The fraction of sp³-hybridized carbons (Fsp3) is 0.429. The lowest BCUT2D eigenvalue weighted by molar-refractivity contribution is -0.118. The molecule has 0 spiro atoms. The maximum absolute atomic E-state index is 14.4. The van der Waals surface area contributed by atoms with E-state index in [2.05, 4.69) is 73.4 Å². The third-order valence-electron chi connectivity index (χ3n) is 10.3. The highest BCUT2D eigenvalue weighted by molar-refractivity contribution is 7.13. The summed E-state index contributed by atoms with van der Waals surface area (Å²) in [6, 6.07) is 9.37. The fourth-order valence-electron chi connectivity index (χ4n) is 6.43. The molecule has 7 rings (SSSR count). The molecule has 5 aromatic rings. The molecule has 1 fully saturated rings. The summed E-state index contributed by atoms with van der Waals surface area (Å²) in [5.41, 5.74) is 4.57. The maximum Gasteiger partial charge on any atom is 0.257 e. The zero-order valence-corrected chi connectivity index (χ0v) is 31.0. The third kappa shape index (κ3) is 6.24. The van der Waals surface area contributed by atoms with Crippen LogP contribution in [-0.4, -0.2) is 51.3 Å². The summed E-state index contributed by atoms with van der Waals surface area (Å²) in [6.45, 7) is 12.5. The first-order valence-corrected chi connectivity index (χ1v) is 20.8. The molecule has 1 N–H and O–H groups in total. The van der Waals surface area contributed by atoms with Gasteiger partial charge in [-0.3, -0.25) is 14.8 Å². The number of amides is 1. The van der Waals surface area contributed by atoms with E-state index < -0.39 is 26.4 Å². The normalized spacial score (nSPS) is 20.1. The minimum atomic E-state index is -1.74. The van der Waals surface area contributed by atoms with E-state index in [0.29, 0.717) is 49.3 Å². The van der Waals surface area contributed by atoms with Gasteiger partial charge in [0.05, 0.1) is 28.6 Å². The molecule has 0 radical (unpaired) electrons. The van der Waals surface area contributed by atoms with E-state index in [0.717, 1.165) is 30.6 Å². The van der Waals surface area contributed by atoms with Crippen molar-refractivity contribution >= 4 is 64.8 Å². The Kier molecular flexibility index (Phi) is 8.81. The largest absolute Gasteiger partial charge is 0.417 e. The van der Waals surface area contributed by atoms with Crippen LogP contribution in [0.25, 0.3) is 22.0 Å². The Hall–Kier alpha value is -3.09. The van der Waals surface area contributed by atoms with Crippen molar-refractivity contribution in [3.8, 4) is 11.1 Å². The molecule has 252 valence electrons. The maximum atomic E-state index is 14.4. The van der Waals surface area contributed by atoms with Gasteiger partial charge in [0.25, 0.3) is 5.91 Å². The molecular formula is C35H39Cl2FN6O2SSi. The lowest BCUT2D eigenvalue weighted by Gasteiger charge is -2.41. The van der Waals surface area contributed by atoms with Crippen LogP contribution in [0.3, 0.4) is 0 Å². The van der Waals surface area contributed by atoms with Gasteiger partial charge in [-0.05, 0) is 60.0 Å². The molecule has 1 saturated carbocycles. The van der Waals surface area contributed by atoms with Crippen LogP contribution in [0.1, 0.15) is 62.5 Å². The Labute approximate surface area is 294 Å². The second-order valence-electron chi connectivity index (χ2n) is 14.6. The average molecular weight is 726 g/mol. The number of hydrogen-bond donors (Lipinski definition) is 1. The van der Waals surface area contributed by atoms with Crippen LogP contribution in [0.5, 0.6) is 0 Å². The van der Waals surface area contributed by atoms with Crippen LogP contribution in [0.4, 0.5) is 9.52 Å². The van der Waals surface area contributed by atoms with E-state index in [1.165, 1.54) is 21.6 Å². The van der Waals surface area contributed by atoms with E-state index in [-0.39, 0.29) is 18.0 Å². The van der Waals surface area contributed by atoms with Crippen LogP contribution in [-0.2, 0) is 22.2 Å². The standard InChI is InChI=1S/C35H39Cl2FN6O2SSi/c1-35(2,3)48(4,5)46-18-20-12-23(13-20)21-6-8-22(9-7-21)25-15-27(36)26-17-44(42-30(26)29(25)37)32(33(45)41-34-39-10-11-47-34)31-28-14-24(38)16-43(28)19-40-31/h6-11,15,17,19-20,23-24,32H,12-14,16,18H2,1-5H3,(H,39,41,45)/t20?,23?,24-,32?/m1/s1. The van der Waals surface area contributed by atoms with Crippen molar-refractivity contribution < 1.29 is 13.6 Å². The molecule has 1 aliphatic heterocycles. The van der Waals surface area contributed by atoms with Crippen molar-refractivity contribution in [1.29, 1.82) is 0 Å². The van der Waals surface area contributed by atoms with Gasteiger partial charge in [0, 0.05) is 47.4 Å². The minimum Gasteiger partial charge on any atom is -0.417 e. The molecular weight excluding hydrogens is 686 g/mol. The minimum absolute atomic E-state index is 0.172. The SMILES string of the molecule is CC(C)(C)[Si](C)(C)OCC1CC(c2ccc(-c3cc(Cl)c4cn(C(C(=O)Nc5nccs5)c5ncn6c5C[C@@H](F)C6)nc4c3Cl)cc2)C1. The first-order valence-electron chi connectivity index (χ1n) is 16.3. The lowest BCUT2D eigenvalue weighted by atomic mass is 9.72. The van der Waals surface area contributed by atoms with Crippen molar-refractivity contribution in [3.05, 3.63) is 81.4 Å². The van der Waals surface area contributed by atoms with Gasteiger partial charge >= 0.3 is 0 Å². The van der Waals surface area contributed by atoms with Crippen molar-refractivity contribution in [3.63, 3.8) is 0 Å². The van der Waals surface area contributed by atoms with Gasteiger partial charge in [0.2, 0.25) is 0 Å². The Balaban J connectivity index is 1.13. The van der Waals surface area contributed by atoms with E-state index in [9.17, 15) is 9.18 Å². The molecule has 8 nitrogen and oxygen atoms in total. The molecule has 2 atom stereocenters. The number of thiazole rings is 1. The number of anilines is 1. The van der Waals surface area contributed by atoms with Gasteiger partial charge in [-0.15, -0.1) is 11.3 Å². The first kappa shape index (κ1) is 33.4. The number of carbonyl (C=O) groups is 1. The first-order chi connectivity index (χ1) is 22.8. The molecule has 3 aromatic heterocycles. The average Bonchev–Trinajstić information content (AvgIpc) is 3.81. The Bertz CT molecular complexity index is 1970. The third-order valence-corrected chi connectivity index (χ3v) is 16.2. The number of imidazole rings is 1. The van der Waals surface area contributed by atoms with Crippen molar-refractivity contribution in [2.24, 2.45) is 5.92 Å². The number of nitrogens with zero attached hydrogens (tertiary/aromatic N) is 5. The lowest BCUT2D eigenvalue weighted by Crippen LogP contribution is -2.43. The van der Waals surface area contributed by atoms with Crippen LogP contribution < -0.4 is 5.32 Å². The molecule has 48 heavy (non-hydrogen) atoms. The summed E-state index contributed by atoms with van der Waals surface area (Å²) in [5, 5.41) is 11.6. The van der Waals surface area contributed by atoms with E-state index in [1.54, 1.807) is 28.7 Å². The van der Waals surface area contributed by atoms with Crippen LogP contribution >= 0.6 is 34.5 Å². The zero-order chi connectivity index (χ0) is 34.0. The number of aromatic nitrogens is 5. The summed E-state index contributed by atoms with van der Waals surface area (Å²) in [4.78, 5) is 22.5. The summed E-state index contributed by atoms with van der Waals surface area (Å²) >= 11 is 15.2. The predicted molar refractivity (Wildman–Crippen MR) is 194 cm³/mol. The second-order valence-corrected chi connectivity index (χ2v) is 21.1. The number of halogens is 3. The number of nitrogens with one attached hydrogen (secondary N) is 1. The van der Waals surface area contributed by atoms with Crippen LogP contribution in [0.2, 0.25) is 28.2 Å². The number of hydrogen-bond acceptors (Lipinski definition) is 6. The van der Waals surface area contributed by atoms with E-state index in [1.807, 2.05) is 6.07 Å². The molecule has 1 aliphatic carbocycles. The van der Waals surface area contributed by atoms with Gasteiger partial charge < -0.3 is 8.99 Å². The monoisotopic (exact) mass is 724 g/mol. The van der Waals surface area contributed by atoms with Gasteiger partial charge in [-0.25, -0.2) is 14.4 Å². The Morgan fingerprint density at radius 1 is 1.19 bits per heavy atom. The molecule has 0 bridgehead atoms. The van der Waals surface area contributed by atoms with Gasteiger partial charge in [-0.2, -0.15) is 5.10 Å². The molecule has 0 saturated heterocycles. The molecule has 13 heteroatoms.